The van der Waals surface area contributed by atoms with E-state index in [2.05, 4.69) is 10.1 Å². The van der Waals surface area contributed by atoms with E-state index >= 15 is 0 Å². The Kier molecular flexibility index (Phi) is 4.96. The van der Waals surface area contributed by atoms with E-state index in [0.29, 0.717) is 10.7 Å². The molecule has 0 bridgehead atoms. The number of ether oxygens (including phenoxy) is 1. The predicted octanol–water partition coefficient (Wildman–Crippen LogP) is 5.25. The maximum Gasteiger partial charge on any atom is 0.387 e. The van der Waals surface area contributed by atoms with Crippen LogP contribution in [-0.2, 0) is 0 Å². The number of alkyl halides is 2. The second-order valence-corrected chi connectivity index (χ2v) is 4.84. The highest BCUT2D eigenvalue weighted by molar-refractivity contribution is 6.33. The molecule has 0 spiro atoms. The van der Waals surface area contributed by atoms with Crippen molar-refractivity contribution in [3.63, 3.8) is 0 Å². The molecule has 6 heteroatoms. The summed E-state index contributed by atoms with van der Waals surface area (Å²) < 4.78 is 41.6. The summed E-state index contributed by atoms with van der Waals surface area (Å²) in [6, 6.07) is 10.1. The summed E-state index contributed by atoms with van der Waals surface area (Å²) in [6.45, 7) is -0.998. The number of benzene rings is 2. The molecule has 0 heterocycles. The monoisotopic (exact) mass is 315 g/mol. The van der Waals surface area contributed by atoms with Gasteiger partial charge in [-0.1, -0.05) is 23.7 Å². The molecule has 0 fully saturated rings. The fourth-order valence-electron chi connectivity index (χ4n) is 1.86. The number of hydrogen-bond donors (Lipinski definition) is 1. The van der Waals surface area contributed by atoms with E-state index in [1.165, 1.54) is 30.3 Å². The highest BCUT2D eigenvalue weighted by atomic mass is 35.5. The summed E-state index contributed by atoms with van der Waals surface area (Å²) >= 11 is 5.98. The van der Waals surface area contributed by atoms with E-state index in [0.717, 1.165) is 5.56 Å². The fourth-order valence-corrected chi connectivity index (χ4v) is 2.03. The summed E-state index contributed by atoms with van der Waals surface area (Å²) in [4.78, 5) is 0. The normalized spacial score (nSPS) is 12.3. The first-order valence-corrected chi connectivity index (χ1v) is 6.60. The molecule has 2 nitrogen and oxygen atoms in total. The van der Waals surface area contributed by atoms with E-state index in [1.807, 2.05) is 6.92 Å². The Morgan fingerprint density at radius 3 is 2.38 bits per heavy atom. The molecule has 1 unspecified atom stereocenters. The first kappa shape index (κ1) is 15.5. The Labute approximate surface area is 125 Å². The minimum atomic E-state index is -2.85. The van der Waals surface area contributed by atoms with Gasteiger partial charge in [-0.2, -0.15) is 8.78 Å². The van der Waals surface area contributed by atoms with Gasteiger partial charge in [0, 0.05) is 6.04 Å². The summed E-state index contributed by atoms with van der Waals surface area (Å²) in [7, 11) is 0. The molecule has 0 saturated carbocycles. The first-order chi connectivity index (χ1) is 9.95. The molecule has 112 valence electrons. The molecule has 2 aromatic carbocycles. The third-order valence-electron chi connectivity index (χ3n) is 2.91. The molecule has 0 amide bonds. The van der Waals surface area contributed by atoms with Gasteiger partial charge in [0.2, 0.25) is 0 Å². The third kappa shape index (κ3) is 4.29. The van der Waals surface area contributed by atoms with Crippen molar-refractivity contribution in [3.05, 3.63) is 58.9 Å². The van der Waals surface area contributed by atoms with Crippen LogP contribution in [0.4, 0.5) is 18.9 Å². The van der Waals surface area contributed by atoms with E-state index in [-0.39, 0.29) is 11.8 Å². The maximum absolute atomic E-state index is 13.2. The van der Waals surface area contributed by atoms with Gasteiger partial charge in [0.1, 0.15) is 11.6 Å². The number of hydrogen-bond acceptors (Lipinski definition) is 2. The zero-order valence-electron chi connectivity index (χ0n) is 11.1. The summed E-state index contributed by atoms with van der Waals surface area (Å²) in [5.74, 6) is -0.306. The SMILES string of the molecule is CC(Nc1cc(F)ccc1Cl)c1ccc(OC(F)F)cc1. The summed E-state index contributed by atoms with van der Waals surface area (Å²) in [5.41, 5.74) is 1.30. The van der Waals surface area contributed by atoms with E-state index < -0.39 is 12.4 Å². The van der Waals surface area contributed by atoms with Crippen molar-refractivity contribution in [1.29, 1.82) is 0 Å². The van der Waals surface area contributed by atoms with Crippen LogP contribution in [0.2, 0.25) is 5.02 Å². The molecule has 0 aliphatic heterocycles. The fraction of sp³-hybridized carbons (Fsp3) is 0.200. The summed E-state index contributed by atoms with van der Waals surface area (Å²) in [5, 5.41) is 3.47. The van der Waals surface area contributed by atoms with Crippen LogP contribution in [0, 0.1) is 5.82 Å². The molecule has 2 aromatic rings. The minimum absolute atomic E-state index is 0.0877. The average Bonchev–Trinajstić information content (AvgIpc) is 2.43. The molecular formula is C15H13ClF3NO. The van der Waals surface area contributed by atoms with Crippen molar-refractivity contribution in [2.45, 2.75) is 19.6 Å². The van der Waals surface area contributed by atoms with Crippen LogP contribution in [0.25, 0.3) is 0 Å². The Morgan fingerprint density at radius 2 is 1.76 bits per heavy atom. The van der Waals surface area contributed by atoms with Gasteiger partial charge in [-0.25, -0.2) is 4.39 Å². The molecule has 0 aliphatic carbocycles. The predicted molar refractivity (Wildman–Crippen MR) is 76.5 cm³/mol. The Bertz CT molecular complexity index is 604. The Hall–Kier alpha value is -1.88. The van der Waals surface area contributed by atoms with E-state index in [4.69, 9.17) is 11.6 Å². The van der Waals surface area contributed by atoms with Gasteiger partial charge in [-0.05, 0) is 42.8 Å². The molecule has 0 aromatic heterocycles. The second-order valence-electron chi connectivity index (χ2n) is 4.44. The highest BCUT2D eigenvalue weighted by Crippen LogP contribution is 2.27. The van der Waals surface area contributed by atoms with E-state index in [1.54, 1.807) is 12.1 Å². The number of halogens is 4. The zero-order chi connectivity index (χ0) is 15.4. The van der Waals surface area contributed by atoms with Gasteiger partial charge >= 0.3 is 6.61 Å². The van der Waals surface area contributed by atoms with Crippen LogP contribution >= 0.6 is 11.6 Å². The number of rotatable bonds is 5. The number of anilines is 1. The van der Waals surface area contributed by atoms with Gasteiger partial charge in [0.05, 0.1) is 10.7 Å². The lowest BCUT2D eigenvalue weighted by Crippen LogP contribution is -2.07. The van der Waals surface area contributed by atoms with Crippen LogP contribution in [0.3, 0.4) is 0 Å². The van der Waals surface area contributed by atoms with Crippen LogP contribution in [0.1, 0.15) is 18.5 Å². The molecular weight excluding hydrogens is 303 g/mol. The first-order valence-electron chi connectivity index (χ1n) is 6.22. The second kappa shape index (κ2) is 6.72. The van der Waals surface area contributed by atoms with Crippen molar-refractivity contribution >= 4 is 17.3 Å². The van der Waals surface area contributed by atoms with Crippen molar-refractivity contribution in [2.75, 3.05) is 5.32 Å². The van der Waals surface area contributed by atoms with E-state index in [9.17, 15) is 13.2 Å². The van der Waals surface area contributed by atoms with Crippen LogP contribution in [-0.4, -0.2) is 6.61 Å². The van der Waals surface area contributed by atoms with Gasteiger partial charge in [0.15, 0.2) is 0 Å². The molecule has 0 radical (unpaired) electrons. The van der Waals surface area contributed by atoms with Gasteiger partial charge in [0.25, 0.3) is 0 Å². The maximum atomic E-state index is 13.2. The quantitative estimate of drug-likeness (QED) is 0.813. The van der Waals surface area contributed by atoms with Gasteiger partial charge in [-0.3, -0.25) is 0 Å². The smallest absolute Gasteiger partial charge is 0.387 e. The largest absolute Gasteiger partial charge is 0.435 e. The van der Waals surface area contributed by atoms with Crippen molar-refractivity contribution in [2.24, 2.45) is 0 Å². The molecule has 0 aliphatic rings. The van der Waals surface area contributed by atoms with Crippen molar-refractivity contribution in [1.82, 2.24) is 0 Å². The molecule has 2 rings (SSSR count). The number of nitrogens with one attached hydrogen (secondary N) is 1. The molecule has 1 atom stereocenters. The zero-order valence-corrected chi connectivity index (χ0v) is 11.9. The topological polar surface area (TPSA) is 21.3 Å². The van der Waals surface area contributed by atoms with Crippen molar-refractivity contribution < 1.29 is 17.9 Å². The lowest BCUT2D eigenvalue weighted by Gasteiger charge is -2.17. The third-order valence-corrected chi connectivity index (χ3v) is 3.24. The van der Waals surface area contributed by atoms with Gasteiger partial charge < -0.3 is 10.1 Å². The van der Waals surface area contributed by atoms with Gasteiger partial charge in [-0.15, -0.1) is 0 Å². The minimum Gasteiger partial charge on any atom is -0.435 e. The lowest BCUT2D eigenvalue weighted by molar-refractivity contribution is -0.0498. The van der Waals surface area contributed by atoms with Crippen LogP contribution in [0.15, 0.2) is 42.5 Å². The molecule has 0 saturated heterocycles. The highest BCUT2D eigenvalue weighted by Gasteiger charge is 2.10. The Balaban J connectivity index is 2.09. The van der Waals surface area contributed by atoms with Crippen molar-refractivity contribution in [3.8, 4) is 5.75 Å². The lowest BCUT2D eigenvalue weighted by atomic mass is 10.1. The molecule has 1 N–H and O–H groups in total. The van der Waals surface area contributed by atoms with Crippen LogP contribution < -0.4 is 10.1 Å². The summed E-state index contributed by atoms with van der Waals surface area (Å²) in [6.07, 6.45) is 0. The molecule has 21 heavy (non-hydrogen) atoms. The van der Waals surface area contributed by atoms with Crippen LogP contribution in [0.5, 0.6) is 5.75 Å². The average molecular weight is 316 g/mol. The standard InChI is InChI=1S/C15H13ClF3NO/c1-9(20-14-8-11(17)4-7-13(14)16)10-2-5-12(6-3-10)21-15(18)19/h2-9,15,20H,1H3. The Morgan fingerprint density at radius 1 is 1.10 bits per heavy atom.